The molecule has 166 valence electrons. The zero-order chi connectivity index (χ0) is 22.8. The molecule has 0 atom stereocenters. The molecule has 1 saturated carbocycles. The van der Waals surface area contributed by atoms with Crippen LogP contribution in [0.25, 0.3) is 22.2 Å². The normalized spacial score (nSPS) is 13.1. The number of aromatic nitrogens is 5. The van der Waals surface area contributed by atoms with Gasteiger partial charge < -0.3 is 20.6 Å². The van der Waals surface area contributed by atoms with Gasteiger partial charge in [-0.25, -0.2) is 9.97 Å². The van der Waals surface area contributed by atoms with Gasteiger partial charge in [-0.15, -0.1) is 0 Å². The van der Waals surface area contributed by atoms with Gasteiger partial charge in [0.2, 0.25) is 0 Å². The summed E-state index contributed by atoms with van der Waals surface area (Å²) in [6, 6.07) is 8.20. The Kier molecular flexibility index (Phi) is 6.09. The minimum absolute atomic E-state index is 0.0871. The van der Waals surface area contributed by atoms with E-state index in [1.165, 1.54) is 6.33 Å². The Labute approximate surface area is 189 Å². The van der Waals surface area contributed by atoms with Crippen molar-refractivity contribution in [2.75, 3.05) is 11.5 Å². The van der Waals surface area contributed by atoms with Crippen molar-refractivity contribution in [3.05, 3.63) is 57.5 Å². The minimum Gasteiger partial charge on any atom is -0.383 e. The van der Waals surface area contributed by atoms with Crippen molar-refractivity contribution in [1.82, 2.24) is 24.7 Å². The summed E-state index contributed by atoms with van der Waals surface area (Å²) in [4.78, 5) is 24.2. The number of aryl methyl sites for hydroxylation is 2. The number of nitrogens with two attached hydrogens (primary N) is 2. The average molecular weight is 454 g/mol. The maximum Gasteiger partial charge on any atom is 0.265 e. The van der Waals surface area contributed by atoms with Crippen LogP contribution in [0.2, 0.25) is 5.02 Å². The van der Waals surface area contributed by atoms with Gasteiger partial charge in [0.05, 0.1) is 10.4 Å². The van der Waals surface area contributed by atoms with Crippen molar-refractivity contribution in [3.8, 4) is 11.5 Å². The molecule has 0 aliphatic heterocycles. The fraction of sp³-hybridized carbons (Fsp3) is 0.318. The number of hydrogen-bond acceptors (Lipinski definition) is 8. The molecule has 0 amide bonds. The van der Waals surface area contributed by atoms with Gasteiger partial charge in [0.1, 0.15) is 23.5 Å². The number of rotatable bonds is 4. The zero-order valence-electron chi connectivity index (χ0n) is 17.9. The molecule has 9 nitrogen and oxygen atoms in total. The van der Waals surface area contributed by atoms with Gasteiger partial charge in [-0.1, -0.05) is 42.2 Å². The summed E-state index contributed by atoms with van der Waals surface area (Å²) < 4.78 is 6.88. The monoisotopic (exact) mass is 453 g/mol. The van der Waals surface area contributed by atoms with Crippen molar-refractivity contribution in [2.45, 2.75) is 45.6 Å². The predicted molar refractivity (Wildman–Crippen MR) is 124 cm³/mol. The van der Waals surface area contributed by atoms with Crippen molar-refractivity contribution in [2.24, 2.45) is 0 Å². The highest BCUT2D eigenvalue weighted by Crippen LogP contribution is 2.36. The lowest BCUT2D eigenvalue weighted by atomic mass is 10.1. The van der Waals surface area contributed by atoms with E-state index in [0.29, 0.717) is 27.8 Å². The Morgan fingerprint density at radius 1 is 1.22 bits per heavy atom. The van der Waals surface area contributed by atoms with Crippen LogP contribution in [-0.2, 0) is 6.42 Å². The summed E-state index contributed by atoms with van der Waals surface area (Å²) in [6.45, 7) is 3.84. The van der Waals surface area contributed by atoms with Crippen LogP contribution in [0.4, 0.5) is 11.6 Å². The standard InChI is InChI=1S/C15H16ClNO.C7H8N6O/c1-2-4-12-9-10-5-3-6-13(16)14(10)15(18)17(12)11-7-8-11;1-3-12-7(14-13-3)4-5(8)10-2-11-6(4)9/h3,5-6,9,11H,2,4,7-8H2,1H3;2H,1H3,(H4,8,9,10,11). The summed E-state index contributed by atoms with van der Waals surface area (Å²) >= 11 is 6.18. The van der Waals surface area contributed by atoms with Crippen molar-refractivity contribution < 1.29 is 4.52 Å². The SMILES string of the molecule is CCCc1cc2cccc(Cl)c2c(=O)n1C1CC1.Cc1noc(-c2c(N)ncnc2N)n1. The topological polar surface area (TPSA) is 139 Å². The predicted octanol–water partition coefficient (Wildman–Crippen LogP) is 3.94. The summed E-state index contributed by atoms with van der Waals surface area (Å²) in [6.07, 6.45) is 5.52. The lowest BCUT2D eigenvalue weighted by Gasteiger charge is -2.13. The smallest absolute Gasteiger partial charge is 0.265 e. The first kappa shape index (κ1) is 21.8. The third-order valence-corrected chi connectivity index (χ3v) is 5.49. The molecule has 1 aromatic carbocycles. The molecule has 4 aromatic rings. The second-order valence-corrected chi connectivity index (χ2v) is 8.07. The number of fused-ring (bicyclic) bond motifs is 1. The van der Waals surface area contributed by atoms with E-state index in [0.717, 1.165) is 36.8 Å². The van der Waals surface area contributed by atoms with Crippen LogP contribution < -0.4 is 17.0 Å². The molecule has 0 spiro atoms. The van der Waals surface area contributed by atoms with Crippen LogP contribution in [0, 0.1) is 6.92 Å². The Bertz CT molecular complexity index is 1310. The van der Waals surface area contributed by atoms with E-state index in [-0.39, 0.29) is 23.1 Å². The number of anilines is 2. The number of halogens is 1. The van der Waals surface area contributed by atoms with Crippen molar-refractivity contribution in [1.29, 1.82) is 0 Å². The lowest BCUT2D eigenvalue weighted by molar-refractivity contribution is 0.425. The highest BCUT2D eigenvalue weighted by Gasteiger charge is 2.27. The number of nitrogens with zero attached hydrogens (tertiary/aromatic N) is 5. The van der Waals surface area contributed by atoms with Gasteiger partial charge >= 0.3 is 0 Å². The average Bonchev–Trinajstić information content (AvgIpc) is 3.49. The molecule has 1 fully saturated rings. The van der Waals surface area contributed by atoms with Crippen molar-refractivity contribution in [3.63, 3.8) is 0 Å². The molecule has 0 unspecified atom stereocenters. The molecule has 3 aromatic heterocycles. The summed E-state index contributed by atoms with van der Waals surface area (Å²) in [5.41, 5.74) is 12.8. The fourth-order valence-corrected chi connectivity index (χ4v) is 3.86. The maximum absolute atomic E-state index is 12.6. The molecule has 1 aliphatic carbocycles. The van der Waals surface area contributed by atoms with Gasteiger partial charge in [-0.2, -0.15) is 4.98 Å². The zero-order valence-corrected chi connectivity index (χ0v) is 18.6. The van der Waals surface area contributed by atoms with Crippen LogP contribution in [0.3, 0.4) is 0 Å². The quantitative estimate of drug-likeness (QED) is 0.473. The third kappa shape index (κ3) is 4.29. The number of pyridine rings is 1. The Morgan fingerprint density at radius 2 is 1.94 bits per heavy atom. The summed E-state index contributed by atoms with van der Waals surface area (Å²) in [5, 5.41) is 5.82. The first-order valence-corrected chi connectivity index (χ1v) is 10.8. The van der Waals surface area contributed by atoms with E-state index < -0.39 is 0 Å². The van der Waals surface area contributed by atoms with Gasteiger partial charge in [0.15, 0.2) is 5.82 Å². The van der Waals surface area contributed by atoms with E-state index in [1.54, 1.807) is 13.0 Å². The Balaban J connectivity index is 0.000000158. The van der Waals surface area contributed by atoms with E-state index >= 15 is 0 Å². The van der Waals surface area contributed by atoms with Crippen LogP contribution in [0.1, 0.15) is 43.7 Å². The molecule has 0 saturated heterocycles. The Hall–Kier alpha value is -3.46. The first-order valence-electron chi connectivity index (χ1n) is 10.4. The molecule has 5 rings (SSSR count). The molecule has 3 heterocycles. The molecule has 0 bridgehead atoms. The Morgan fingerprint density at radius 3 is 2.53 bits per heavy atom. The fourth-order valence-electron chi connectivity index (χ4n) is 3.60. The third-order valence-electron chi connectivity index (χ3n) is 5.18. The van der Waals surface area contributed by atoms with Crippen LogP contribution in [-0.4, -0.2) is 24.7 Å². The molecule has 1 aliphatic rings. The summed E-state index contributed by atoms with van der Waals surface area (Å²) in [5.74, 6) is 1.18. The van der Waals surface area contributed by atoms with E-state index in [2.05, 4.69) is 33.1 Å². The van der Waals surface area contributed by atoms with E-state index in [9.17, 15) is 4.79 Å². The van der Waals surface area contributed by atoms with Crippen molar-refractivity contribution >= 4 is 34.0 Å². The molecular formula is C22H24ClN7O2. The molecular weight excluding hydrogens is 430 g/mol. The van der Waals surface area contributed by atoms with Crippen LogP contribution in [0.5, 0.6) is 0 Å². The van der Waals surface area contributed by atoms with Gasteiger partial charge in [0, 0.05) is 11.7 Å². The summed E-state index contributed by atoms with van der Waals surface area (Å²) in [7, 11) is 0. The first-order chi connectivity index (χ1) is 15.4. The molecule has 32 heavy (non-hydrogen) atoms. The number of benzene rings is 1. The number of nitrogen functional groups attached to an aromatic ring is 2. The minimum atomic E-state index is 0.0871. The second kappa shape index (κ2) is 8.96. The maximum atomic E-state index is 12.6. The van der Waals surface area contributed by atoms with Crippen LogP contribution in [0.15, 0.2) is 39.9 Å². The van der Waals surface area contributed by atoms with Crippen LogP contribution >= 0.6 is 11.6 Å². The van der Waals surface area contributed by atoms with Gasteiger partial charge in [-0.05, 0) is 43.7 Å². The van der Waals surface area contributed by atoms with E-state index in [1.807, 2.05) is 16.7 Å². The molecule has 0 radical (unpaired) electrons. The molecule has 10 heteroatoms. The van der Waals surface area contributed by atoms with Gasteiger partial charge in [0.25, 0.3) is 11.4 Å². The highest BCUT2D eigenvalue weighted by molar-refractivity contribution is 6.35. The molecule has 4 N–H and O–H groups in total. The second-order valence-electron chi connectivity index (χ2n) is 7.66. The van der Waals surface area contributed by atoms with Gasteiger partial charge in [-0.3, -0.25) is 4.79 Å². The number of hydrogen-bond donors (Lipinski definition) is 2. The highest BCUT2D eigenvalue weighted by atomic mass is 35.5. The van der Waals surface area contributed by atoms with E-state index in [4.69, 9.17) is 27.6 Å². The lowest BCUT2D eigenvalue weighted by Crippen LogP contribution is -2.23. The largest absolute Gasteiger partial charge is 0.383 e.